The van der Waals surface area contributed by atoms with Crippen LogP contribution in [0, 0.1) is 11.3 Å². The van der Waals surface area contributed by atoms with E-state index in [0.717, 1.165) is 70.0 Å². The van der Waals surface area contributed by atoms with Gasteiger partial charge in [-0.2, -0.15) is 11.8 Å². The van der Waals surface area contributed by atoms with E-state index in [0.29, 0.717) is 30.5 Å². The van der Waals surface area contributed by atoms with Gasteiger partial charge in [0.1, 0.15) is 5.78 Å². The molecule has 30 heavy (non-hydrogen) atoms. The highest BCUT2D eigenvalue weighted by atomic mass is 32.2. The molecular formula is C25H46O4S. The van der Waals surface area contributed by atoms with Gasteiger partial charge in [-0.15, -0.1) is 0 Å². The van der Waals surface area contributed by atoms with Gasteiger partial charge in [-0.3, -0.25) is 9.59 Å². The molecule has 0 aromatic rings. The number of aliphatic hydroxyl groups is 1. The van der Waals surface area contributed by atoms with E-state index in [1.54, 1.807) is 0 Å². The molecule has 4 nitrogen and oxygen atoms in total. The zero-order chi connectivity index (χ0) is 22.4. The van der Waals surface area contributed by atoms with Crippen LogP contribution >= 0.6 is 11.8 Å². The molecule has 176 valence electrons. The number of aliphatic hydroxyl groups excluding tert-OH is 1. The van der Waals surface area contributed by atoms with Crippen molar-refractivity contribution >= 4 is 23.5 Å². The third-order valence-corrected chi connectivity index (χ3v) is 8.03. The minimum atomic E-state index is -0.306. The highest BCUT2D eigenvalue weighted by molar-refractivity contribution is 8.00. The third-order valence-electron chi connectivity index (χ3n) is 6.53. The number of rotatable bonds is 17. The Morgan fingerprint density at radius 1 is 1.13 bits per heavy atom. The molecule has 0 radical (unpaired) electrons. The van der Waals surface area contributed by atoms with Crippen LogP contribution in [-0.2, 0) is 14.3 Å². The van der Waals surface area contributed by atoms with E-state index in [1.807, 2.05) is 18.7 Å². The molecule has 3 atom stereocenters. The van der Waals surface area contributed by atoms with Crippen LogP contribution < -0.4 is 0 Å². The molecule has 1 aliphatic rings. The number of ketones is 1. The van der Waals surface area contributed by atoms with Crippen LogP contribution in [0.4, 0.5) is 0 Å². The molecule has 0 bridgehead atoms. The van der Waals surface area contributed by atoms with Gasteiger partial charge in [0.25, 0.3) is 0 Å². The number of carbonyl (C=O) groups is 2. The quantitative estimate of drug-likeness (QED) is 0.211. The van der Waals surface area contributed by atoms with Crippen molar-refractivity contribution in [1.82, 2.24) is 0 Å². The van der Waals surface area contributed by atoms with Crippen molar-refractivity contribution in [2.24, 2.45) is 11.3 Å². The van der Waals surface area contributed by atoms with E-state index in [9.17, 15) is 14.7 Å². The first-order chi connectivity index (χ1) is 14.3. The average molecular weight is 443 g/mol. The van der Waals surface area contributed by atoms with E-state index >= 15 is 0 Å². The number of hydrogen-bond donors (Lipinski definition) is 1. The summed E-state index contributed by atoms with van der Waals surface area (Å²) in [5, 5.41) is 11.1. The Kier molecular flexibility index (Phi) is 14.0. The lowest BCUT2D eigenvalue weighted by Gasteiger charge is -2.31. The van der Waals surface area contributed by atoms with Crippen LogP contribution in [0.5, 0.6) is 0 Å². The summed E-state index contributed by atoms with van der Waals surface area (Å²) in [6, 6.07) is 0. The molecule has 0 spiro atoms. The van der Waals surface area contributed by atoms with Gasteiger partial charge in [-0.05, 0) is 38.0 Å². The number of Topliss-reactive ketones (excluding diaryl/α,β-unsaturated/α-hetero) is 1. The Morgan fingerprint density at radius 3 is 2.47 bits per heavy atom. The molecule has 1 saturated carbocycles. The zero-order valence-corrected chi connectivity index (χ0v) is 20.7. The summed E-state index contributed by atoms with van der Waals surface area (Å²) < 4.78 is 4.95. The first-order valence-corrected chi connectivity index (χ1v) is 13.3. The molecule has 1 rings (SSSR count). The lowest BCUT2D eigenvalue weighted by Crippen LogP contribution is -2.32. The van der Waals surface area contributed by atoms with Crippen LogP contribution in [0.15, 0.2) is 0 Å². The Morgan fingerprint density at radius 2 is 1.80 bits per heavy atom. The number of esters is 1. The van der Waals surface area contributed by atoms with Gasteiger partial charge >= 0.3 is 5.97 Å². The third kappa shape index (κ3) is 10.7. The zero-order valence-electron chi connectivity index (χ0n) is 19.9. The lowest BCUT2D eigenvalue weighted by molar-refractivity contribution is -0.143. The Labute approximate surface area is 189 Å². The molecule has 0 aromatic heterocycles. The van der Waals surface area contributed by atoms with Crippen molar-refractivity contribution in [1.29, 1.82) is 0 Å². The minimum absolute atomic E-state index is 0.0472. The van der Waals surface area contributed by atoms with Crippen LogP contribution in [0.2, 0.25) is 0 Å². The molecule has 0 heterocycles. The van der Waals surface area contributed by atoms with Gasteiger partial charge in [-0.25, -0.2) is 0 Å². The van der Waals surface area contributed by atoms with Crippen molar-refractivity contribution < 1.29 is 19.4 Å². The standard InChI is InChI=1S/C25H46O4S/c1-5-7-18-25(3,4)23(27)19-30-22-17-16-21(26)20(22)14-12-10-8-9-11-13-15-24(28)29-6-2/h20,22-23,27H,5-19H2,1-4H3. The van der Waals surface area contributed by atoms with Crippen molar-refractivity contribution in [3.05, 3.63) is 0 Å². The van der Waals surface area contributed by atoms with E-state index in [2.05, 4.69) is 20.8 Å². The lowest BCUT2D eigenvalue weighted by atomic mass is 9.82. The van der Waals surface area contributed by atoms with Crippen molar-refractivity contribution in [2.75, 3.05) is 12.4 Å². The number of hydrogen-bond acceptors (Lipinski definition) is 5. The Hall–Kier alpha value is -0.550. The molecule has 0 saturated heterocycles. The Balaban J connectivity index is 2.21. The van der Waals surface area contributed by atoms with Gasteiger partial charge < -0.3 is 9.84 Å². The predicted molar refractivity (Wildman–Crippen MR) is 127 cm³/mol. The first kappa shape index (κ1) is 27.5. The van der Waals surface area contributed by atoms with Crippen LogP contribution in [-0.4, -0.2) is 40.6 Å². The molecule has 1 fully saturated rings. The largest absolute Gasteiger partial charge is 0.466 e. The maximum absolute atomic E-state index is 12.4. The fourth-order valence-corrected chi connectivity index (χ4v) is 5.92. The summed E-state index contributed by atoms with van der Waals surface area (Å²) in [7, 11) is 0. The summed E-state index contributed by atoms with van der Waals surface area (Å²) in [6.07, 6.45) is 12.9. The summed E-state index contributed by atoms with van der Waals surface area (Å²) in [4.78, 5) is 23.7. The summed E-state index contributed by atoms with van der Waals surface area (Å²) in [6.45, 7) is 8.82. The Bertz CT molecular complexity index is 492. The fourth-order valence-electron chi connectivity index (χ4n) is 4.24. The molecule has 1 aliphatic carbocycles. The van der Waals surface area contributed by atoms with Gasteiger partial charge in [-0.1, -0.05) is 65.7 Å². The van der Waals surface area contributed by atoms with Gasteiger partial charge in [0.2, 0.25) is 0 Å². The van der Waals surface area contributed by atoms with E-state index < -0.39 is 0 Å². The summed E-state index contributed by atoms with van der Waals surface area (Å²) >= 11 is 1.83. The maximum atomic E-state index is 12.4. The van der Waals surface area contributed by atoms with Crippen LogP contribution in [0.25, 0.3) is 0 Å². The molecular weight excluding hydrogens is 396 g/mol. The number of unbranched alkanes of at least 4 members (excludes halogenated alkanes) is 6. The van der Waals surface area contributed by atoms with Crippen molar-refractivity contribution in [2.45, 2.75) is 123 Å². The first-order valence-electron chi connectivity index (χ1n) is 12.3. The van der Waals surface area contributed by atoms with Gasteiger partial charge in [0.15, 0.2) is 0 Å². The highest BCUT2D eigenvalue weighted by Gasteiger charge is 2.36. The minimum Gasteiger partial charge on any atom is -0.466 e. The second-order valence-electron chi connectivity index (χ2n) is 9.56. The van der Waals surface area contributed by atoms with Crippen LogP contribution in [0.1, 0.15) is 111 Å². The van der Waals surface area contributed by atoms with E-state index in [-0.39, 0.29) is 23.4 Å². The van der Waals surface area contributed by atoms with E-state index in [1.165, 1.54) is 6.42 Å². The van der Waals surface area contributed by atoms with Gasteiger partial charge in [0, 0.05) is 29.8 Å². The second kappa shape index (κ2) is 15.3. The normalized spacial score (nSPS) is 20.5. The molecule has 1 N–H and O–H groups in total. The van der Waals surface area contributed by atoms with E-state index in [4.69, 9.17) is 4.74 Å². The number of carbonyl (C=O) groups excluding carboxylic acids is 2. The number of thioether (sulfide) groups is 1. The second-order valence-corrected chi connectivity index (χ2v) is 10.8. The predicted octanol–water partition coefficient (Wildman–Crippen LogP) is 6.33. The molecule has 5 heteroatoms. The number of ether oxygens (including phenoxy) is 1. The molecule has 3 unspecified atom stereocenters. The highest BCUT2D eigenvalue weighted by Crippen LogP contribution is 2.38. The SMILES string of the molecule is CCCCC(C)(C)C(O)CSC1CCC(=O)C1CCCCCCCCC(=O)OCC. The van der Waals surface area contributed by atoms with Gasteiger partial charge in [0.05, 0.1) is 12.7 Å². The summed E-state index contributed by atoms with van der Waals surface area (Å²) in [5.41, 5.74) is -0.0472. The molecule has 0 aromatic carbocycles. The van der Waals surface area contributed by atoms with Crippen LogP contribution in [0.3, 0.4) is 0 Å². The topological polar surface area (TPSA) is 63.6 Å². The fraction of sp³-hybridized carbons (Fsp3) is 0.920. The monoisotopic (exact) mass is 442 g/mol. The molecule has 0 aliphatic heterocycles. The van der Waals surface area contributed by atoms with Crippen molar-refractivity contribution in [3.63, 3.8) is 0 Å². The molecule has 0 amide bonds. The van der Waals surface area contributed by atoms with Crippen molar-refractivity contribution in [3.8, 4) is 0 Å². The summed E-state index contributed by atoms with van der Waals surface area (Å²) in [5.74, 6) is 1.28. The average Bonchev–Trinajstić information content (AvgIpc) is 3.06. The smallest absolute Gasteiger partial charge is 0.305 e. The maximum Gasteiger partial charge on any atom is 0.305 e.